The van der Waals surface area contributed by atoms with E-state index in [1.54, 1.807) is 0 Å². The number of carbonyl (C=O) groups is 1. The molecular formula is C15H14FN3O2S. The van der Waals surface area contributed by atoms with Gasteiger partial charge in [-0.2, -0.15) is 0 Å². The van der Waals surface area contributed by atoms with Crippen LogP contribution in [0.5, 0.6) is 5.75 Å². The number of aromatic nitrogens is 2. The molecule has 0 aliphatic rings. The molecule has 3 rings (SSSR count). The van der Waals surface area contributed by atoms with Crippen molar-refractivity contribution in [3.63, 3.8) is 0 Å². The van der Waals surface area contributed by atoms with Crippen molar-refractivity contribution in [1.82, 2.24) is 14.7 Å². The van der Waals surface area contributed by atoms with Crippen LogP contribution in [0.2, 0.25) is 0 Å². The number of fused-ring (bicyclic) bond motifs is 1. The molecule has 2 aromatic heterocycles. The Kier molecular flexibility index (Phi) is 3.81. The Morgan fingerprint density at radius 1 is 1.50 bits per heavy atom. The summed E-state index contributed by atoms with van der Waals surface area (Å²) in [7, 11) is 1.34. The van der Waals surface area contributed by atoms with E-state index in [9.17, 15) is 9.18 Å². The molecule has 3 aromatic rings. The molecule has 0 spiro atoms. The number of halogens is 1. The Morgan fingerprint density at radius 2 is 2.32 bits per heavy atom. The standard InChI is InChI=1S/C15H14FN3O2S/c1-9(12-8-19-6-7-22-15(19)18-12)17-14(20)10-4-3-5-11(16)13(10)21-2/h3-9H,1-2H3,(H,17,20)/t9-/m1/s1. The van der Waals surface area contributed by atoms with Crippen LogP contribution in [0.1, 0.15) is 29.0 Å². The molecule has 0 unspecified atom stereocenters. The van der Waals surface area contributed by atoms with Crippen LogP contribution >= 0.6 is 11.3 Å². The normalized spacial score (nSPS) is 12.3. The van der Waals surface area contributed by atoms with Crippen molar-refractivity contribution in [3.8, 4) is 5.75 Å². The Balaban J connectivity index is 1.82. The van der Waals surface area contributed by atoms with Crippen LogP contribution in [0.4, 0.5) is 4.39 Å². The van der Waals surface area contributed by atoms with E-state index in [-0.39, 0.29) is 17.4 Å². The highest BCUT2D eigenvalue weighted by atomic mass is 32.1. The predicted octanol–water partition coefficient (Wildman–Crippen LogP) is 3.03. The highest BCUT2D eigenvalue weighted by molar-refractivity contribution is 7.15. The van der Waals surface area contributed by atoms with Crippen LogP contribution in [0, 0.1) is 5.82 Å². The van der Waals surface area contributed by atoms with Crippen molar-refractivity contribution < 1.29 is 13.9 Å². The van der Waals surface area contributed by atoms with E-state index in [1.165, 1.54) is 36.6 Å². The number of amides is 1. The van der Waals surface area contributed by atoms with Crippen molar-refractivity contribution in [1.29, 1.82) is 0 Å². The van der Waals surface area contributed by atoms with E-state index >= 15 is 0 Å². The van der Waals surface area contributed by atoms with Gasteiger partial charge in [-0.15, -0.1) is 11.3 Å². The fourth-order valence-electron chi connectivity index (χ4n) is 2.20. The quantitative estimate of drug-likeness (QED) is 0.804. The average Bonchev–Trinajstić information content (AvgIpc) is 3.08. The van der Waals surface area contributed by atoms with Gasteiger partial charge in [0.2, 0.25) is 0 Å². The number of rotatable bonds is 4. The maximum absolute atomic E-state index is 13.6. The van der Waals surface area contributed by atoms with Gasteiger partial charge in [0.25, 0.3) is 5.91 Å². The first-order chi connectivity index (χ1) is 10.6. The molecule has 1 N–H and O–H groups in total. The number of benzene rings is 1. The maximum atomic E-state index is 13.6. The molecular weight excluding hydrogens is 305 g/mol. The maximum Gasteiger partial charge on any atom is 0.255 e. The molecule has 2 heterocycles. The van der Waals surface area contributed by atoms with E-state index in [0.29, 0.717) is 0 Å². The lowest BCUT2D eigenvalue weighted by Crippen LogP contribution is -2.27. The molecule has 22 heavy (non-hydrogen) atoms. The molecule has 1 atom stereocenters. The van der Waals surface area contributed by atoms with E-state index < -0.39 is 11.7 Å². The van der Waals surface area contributed by atoms with Crippen molar-refractivity contribution in [3.05, 3.63) is 53.0 Å². The van der Waals surface area contributed by atoms with Crippen molar-refractivity contribution in [2.45, 2.75) is 13.0 Å². The van der Waals surface area contributed by atoms with Gasteiger partial charge in [0.15, 0.2) is 16.5 Å². The number of imidazole rings is 1. The van der Waals surface area contributed by atoms with Gasteiger partial charge >= 0.3 is 0 Å². The lowest BCUT2D eigenvalue weighted by molar-refractivity contribution is 0.0935. The smallest absolute Gasteiger partial charge is 0.255 e. The zero-order valence-corrected chi connectivity index (χ0v) is 12.9. The number of thiazole rings is 1. The number of hydrogen-bond acceptors (Lipinski definition) is 4. The molecule has 0 fully saturated rings. The number of nitrogens with one attached hydrogen (secondary N) is 1. The molecule has 0 saturated carbocycles. The Morgan fingerprint density at radius 3 is 3.05 bits per heavy atom. The first-order valence-corrected chi connectivity index (χ1v) is 7.53. The fourth-order valence-corrected chi connectivity index (χ4v) is 2.90. The largest absolute Gasteiger partial charge is 0.493 e. The second-order valence-electron chi connectivity index (χ2n) is 4.77. The lowest BCUT2D eigenvalue weighted by atomic mass is 10.1. The summed E-state index contributed by atoms with van der Waals surface area (Å²) in [5, 5.41) is 4.75. The van der Waals surface area contributed by atoms with Crippen LogP contribution in [-0.2, 0) is 0 Å². The van der Waals surface area contributed by atoms with Gasteiger partial charge in [0, 0.05) is 17.8 Å². The SMILES string of the molecule is COc1c(F)cccc1C(=O)N[C@H](C)c1cn2ccsc2n1. The fraction of sp³-hybridized carbons (Fsp3) is 0.200. The van der Waals surface area contributed by atoms with Crippen LogP contribution in [0.15, 0.2) is 36.0 Å². The monoisotopic (exact) mass is 319 g/mol. The molecule has 114 valence electrons. The number of hydrogen-bond donors (Lipinski definition) is 1. The second kappa shape index (κ2) is 5.76. The highest BCUT2D eigenvalue weighted by Gasteiger charge is 2.19. The van der Waals surface area contributed by atoms with E-state index in [0.717, 1.165) is 10.7 Å². The molecule has 0 saturated heterocycles. The van der Waals surface area contributed by atoms with Gasteiger partial charge in [-0.1, -0.05) is 6.07 Å². The zero-order chi connectivity index (χ0) is 15.7. The Bertz CT molecular complexity index is 799. The predicted molar refractivity (Wildman–Crippen MR) is 81.9 cm³/mol. The molecule has 0 bridgehead atoms. The lowest BCUT2D eigenvalue weighted by Gasteiger charge is -2.13. The van der Waals surface area contributed by atoms with Gasteiger partial charge in [-0.3, -0.25) is 9.20 Å². The topological polar surface area (TPSA) is 55.6 Å². The first-order valence-electron chi connectivity index (χ1n) is 6.65. The van der Waals surface area contributed by atoms with Gasteiger partial charge in [0.05, 0.1) is 24.4 Å². The number of methoxy groups -OCH3 is 1. The third-order valence-corrected chi connectivity index (χ3v) is 4.09. The van der Waals surface area contributed by atoms with Gasteiger partial charge in [-0.05, 0) is 19.1 Å². The van der Waals surface area contributed by atoms with Crippen LogP contribution in [-0.4, -0.2) is 22.4 Å². The molecule has 5 nitrogen and oxygen atoms in total. The van der Waals surface area contributed by atoms with Crippen LogP contribution in [0.25, 0.3) is 4.96 Å². The third-order valence-electron chi connectivity index (χ3n) is 3.32. The van der Waals surface area contributed by atoms with Gasteiger partial charge in [0.1, 0.15) is 0 Å². The average molecular weight is 319 g/mol. The van der Waals surface area contributed by atoms with Gasteiger partial charge < -0.3 is 10.1 Å². The second-order valence-corrected chi connectivity index (χ2v) is 5.65. The van der Waals surface area contributed by atoms with Crippen molar-refractivity contribution >= 4 is 22.2 Å². The minimum Gasteiger partial charge on any atom is -0.493 e. The Hall–Kier alpha value is -2.41. The number of ether oxygens (including phenoxy) is 1. The summed E-state index contributed by atoms with van der Waals surface area (Å²) in [4.78, 5) is 17.6. The summed E-state index contributed by atoms with van der Waals surface area (Å²) in [5.41, 5.74) is 0.908. The number of carbonyl (C=O) groups excluding carboxylic acids is 1. The molecule has 7 heteroatoms. The minimum atomic E-state index is -0.565. The summed E-state index contributed by atoms with van der Waals surface area (Å²) < 4.78 is 20.5. The highest BCUT2D eigenvalue weighted by Crippen LogP contribution is 2.23. The van der Waals surface area contributed by atoms with Crippen LogP contribution < -0.4 is 10.1 Å². The van der Waals surface area contributed by atoms with Crippen molar-refractivity contribution in [2.75, 3.05) is 7.11 Å². The van der Waals surface area contributed by atoms with E-state index in [2.05, 4.69) is 10.3 Å². The van der Waals surface area contributed by atoms with Crippen molar-refractivity contribution in [2.24, 2.45) is 0 Å². The summed E-state index contributed by atoms with van der Waals surface area (Å²) >= 11 is 1.52. The Labute approximate surface area is 130 Å². The molecule has 0 aliphatic heterocycles. The zero-order valence-electron chi connectivity index (χ0n) is 12.0. The van der Waals surface area contributed by atoms with E-state index in [1.807, 2.05) is 29.1 Å². The summed E-state index contributed by atoms with van der Waals surface area (Å²) in [6.07, 6.45) is 3.76. The van der Waals surface area contributed by atoms with E-state index in [4.69, 9.17) is 4.74 Å². The van der Waals surface area contributed by atoms with Gasteiger partial charge in [-0.25, -0.2) is 9.37 Å². The molecule has 1 amide bonds. The minimum absolute atomic E-state index is 0.0574. The van der Waals surface area contributed by atoms with Crippen LogP contribution in [0.3, 0.4) is 0 Å². The molecule has 0 aliphatic carbocycles. The molecule has 0 radical (unpaired) electrons. The summed E-state index contributed by atoms with van der Waals surface area (Å²) in [5.74, 6) is -1.02. The number of para-hydroxylation sites is 1. The third kappa shape index (κ3) is 2.55. The summed E-state index contributed by atoms with van der Waals surface area (Å²) in [6, 6.07) is 3.95. The number of nitrogens with zero attached hydrogens (tertiary/aromatic N) is 2. The molecule has 1 aromatic carbocycles. The first kappa shape index (κ1) is 14.5. The summed E-state index contributed by atoms with van der Waals surface area (Å²) in [6.45, 7) is 1.83.